The largest absolute Gasteiger partial charge is 0.487 e. The van der Waals surface area contributed by atoms with Crippen LogP contribution in [0.3, 0.4) is 0 Å². The Morgan fingerprint density at radius 1 is 1.36 bits per heavy atom. The van der Waals surface area contributed by atoms with Crippen molar-refractivity contribution in [1.82, 2.24) is 0 Å². The maximum Gasteiger partial charge on any atom is 0.487 e. The molecule has 114 valence electrons. The predicted molar refractivity (Wildman–Crippen MR) is 70.1 cm³/mol. The molecule has 0 radical (unpaired) electrons. The highest BCUT2D eigenvalue weighted by Crippen LogP contribution is 2.25. The van der Waals surface area contributed by atoms with Gasteiger partial charge in [0.1, 0.15) is 30.1 Å². The lowest BCUT2D eigenvalue weighted by Gasteiger charge is -2.14. The van der Waals surface area contributed by atoms with Crippen LogP contribution in [0, 0.1) is 11.5 Å². The van der Waals surface area contributed by atoms with E-state index < -0.39 is 36.9 Å². The summed E-state index contributed by atoms with van der Waals surface area (Å²) >= 11 is 0. The van der Waals surface area contributed by atoms with Crippen molar-refractivity contribution in [1.29, 1.82) is 5.26 Å². The Labute approximate surface area is 123 Å². The van der Waals surface area contributed by atoms with E-state index in [0.717, 1.165) is 0 Å². The van der Waals surface area contributed by atoms with Crippen molar-refractivity contribution < 1.29 is 29.5 Å². The Bertz CT molecular complexity index is 717. The number of amides is 1. The van der Waals surface area contributed by atoms with Gasteiger partial charge in [-0.3, -0.25) is 4.79 Å². The molecule has 0 unspecified atom stereocenters. The molecule has 4 atom stereocenters. The molecule has 3 aliphatic heterocycles. The van der Waals surface area contributed by atoms with Crippen molar-refractivity contribution in [2.45, 2.75) is 24.4 Å². The number of hydrogen-bond donors (Lipinski definition) is 4. The van der Waals surface area contributed by atoms with Crippen molar-refractivity contribution in [2.24, 2.45) is 20.8 Å². The predicted octanol–water partition coefficient (Wildman–Crippen LogP) is -3.93. The normalized spacial score (nSPS) is 34.1. The van der Waals surface area contributed by atoms with E-state index in [4.69, 9.17) is 20.8 Å². The minimum absolute atomic E-state index is 0.0368. The quantitative estimate of drug-likeness (QED) is 0.297. The zero-order chi connectivity index (χ0) is 16.0. The summed E-state index contributed by atoms with van der Waals surface area (Å²) in [5, 5.41) is 41.8. The molecule has 11 heteroatoms. The number of hydrazone groups is 1. The van der Waals surface area contributed by atoms with Crippen molar-refractivity contribution in [3.8, 4) is 6.19 Å². The van der Waals surface area contributed by atoms with Crippen molar-refractivity contribution >= 4 is 29.0 Å². The summed E-state index contributed by atoms with van der Waals surface area (Å²) in [5.74, 6) is -1.11. The third kappa shape index (κ3) is 1.94. The van der Waals surface area contributed by atoms with Crippen LogP contribution in [0.15, 0.2) is 15.1 Å². The monoisotopic (exact) mass is 307 g/mol. The number of aliphatic hydroxyl groups excluding tert-OH is 3. The van der Waals surface area contributed by atoms with Gasteiger partial charge in [0.2, 0.25) is 5.96 Å². The van der Waals surface area contributed by atoms with Gasteiger partial charge in [-0.15, -0.1) is 0 Å². The molecular weight excluding hydrogens is 296 g/mol. The molecule has 1 amide bonds. The zero-order valence-electron chi connectivity index (χ0n) is 11.0. The molecule has 22 heavy (non-hydrogen) atoms. The van der Waals surface area contributed by atoms with Crippen LogP contribution in [0.2, 0.25) is 0 Å². The van der Waals surface area contributed by atoms with Gasteiger partial charge < -0.3 is 25.8 Å². The highest BCUT2D eigenvalue weighted by Gasteiger charge is 2.51. The molecule has 0 aliphatic carbocycles. The van der Waals surface area contributed by atoms with Crippen LogP contribution in [0.4, 0.5) is 0 Å². The third-order valence-electron chi connectivity index (χ3n) is 3.44. The molecule has 5 N–H and O–H groups in total. The number of fused-ring (bicyclic) bond motifs is 1. The molecule has 0 aromatic rings. The average Bonchev–Trinajstić information content (AvgIpc) is 2.98. The van der Waals surface area contributed by atoms with Gasteiger partial charge in [-0.2, -0.15) is 4.99 Å². The molecule has 0 aromatic heterocycles. The lowest BCUT2D eigenvalue weighted by Crippen LogP contribution is -2.43. The molecule has 0 aromatic carbocycles. The number of hydrogen-bond acceptors (Lipinski definition) is 9. The number of nitrogens with zero attached hydrogens (tertiary/aromatic N) is 5. The van der Waals surface area contributed by atoms with Crippen LogP contribution in [-0.4, -0.2) is 80.0 Å². The van der Waals surface area contributed by atoms with Crippen LogP contribution in [0.1, 0.15) is 0 Å². The summed E-state index contributed by atoms with van der Waals surface area (Å²) in [4.78, 5) is 19.1. The van der Waals surface area contributed by atoms with E-state index in [-0.39, 0.29) is 23.1 Å². The average molecular weight is 307 g/mol. The minimum atomic E-state index is -1.41. The minimum Gasteiger partial charge on any atom is -0.394 e. The topological polar surface area (TPSA) is 177 Å². The number of nitrogens with two attached hydrogens (primary N) is 1. The fourth-order valence-electron chi connectivity index (χ4n) is 2.41. The second-order valence-corrected chi connectivity index (χ2v) is 4.74. The molecule has 0 bridgehead atoms. The third-order valence-corrected chi connectivity index (χ3v) is 3.44. The van der Waals surface area contributed by atoms with E-state index >= 15 is 0 Å². The highest BCUT2D eigenvalue weighted by atomic mass is 16.6. The summed E-state index contributed by atoms with van der Waals surface area (Å²) in [6.07, 6.45) is -3.28. The molecule has 3 aliphatic rings. The first-order valence-electron chi connectivity index (χ1n) is 6.23. The zero-order valence-corrected chi connectivity index (χ0v) is 11.0. The van der Waals surface area contributed by atoms with E-state index in [1.165, 1.54) is 0 Å². The number of guanidine groups is 1. The standard InChI is InChI=1S/C11H10N6O5/c12-2-17-6-4(14-11(13)15-10(6)21)5(16-17)9-8(20)7(19)3(1-18)22-9/h3,7-9,18-20H,1H2,(H-,13,15,21)/p+1/t3-,7-,8-,9+/m1/s1. The second-order valence-electron chi connectivity index (χ2n) is 4.74. The van der Waals surface area contributed by atoms with Gasteiger partial charge in [0.05, 0.1) is 6.61 Å². The molecule has 3 rings (SSSR count). The van der Waals surface area contributed by atoms with Crippen LogP contribution in [-0.2, 0) is 9.53 Å². The van der Waals surface area contributed by atoms with Crippen molar-refractivity contribution in [2.75, 3.05) is 6.61 Å². The first-order valence-corrected chi connectivity index (χ1v) is 6.23. The number of aliphatic hydroxyl groups is 3. The first kappa shape index (κ1) is 14.4. The van der Waals surface area contributed by atoms with Crippen LogP contribution in [0.5, 0.6) is 0 Å². The van der Waals surface area contributed by atoms with Gasteiger partial charge in [0, 0.05) is 0 Å². The van der Waals surface area contributed by atoms with E-state index in [1.54, 1.807) is 6.19 Å². The molecular formula is C11H11N6O5+. The van der Waals surface area contributed by atoms with Crippen LogP contribution < -0.4 is 5.73 Å². The molecule has 1 fully saturated rings. The van der Waals surface area contributed by atoms with Crippen molar-refractivity contribution in [3.63, 3.8) is 0 Å². The second kappa shape index (κ2) is 5.04. The number of ether oxygens (including phenoxy) is 1. The molecule has 3 heterocycles. The Morgan fingerprint density at radius 2 is 2.09 bits per heavy atom. The fourth-order valence-corrected chi connectivity index (χ4v) is 2.41. The van der Waals surface area contributed by atoms with Crippen LogP contribution in [0.25, 0.3) is 0 Å². The Morgan fingerprint density at radius 3 is 2.68 bits per heavy atom. The van der Waals surface area contributed by atoms with Crippen molar-refractivity contribution in [3.05, 3.63) is 0 Å². The van der Waals surface area contributed by atoms with E-state index in [9.17, 15) is 15.0 Å². The van der Waals surface area contributed by atoms with Gasteiger partial charge in [0.15, 0.2) is 11.0 Å². The van der Waals surface area contributed by atoms with E-state index in [2.05, 4.69) is 15.1 Å². The molecule has 0 saturated carbocycles. The van der Waals surface area contributed by atoms with Gasteiger partial charge in [-0.05, 0) is 4.68 Å². The lowest BCUT2D eigenvalue weighted by molar-refractivity contribution is -0.438. The molecule has 1 saturated heterocycles. The molecule has 0 spiro atoms. The number of carbonyl (C=O) groups is 1. The summed E-state index contributed by atoms with van der Waals surface area (Å²) < 4.78 is 6.02. The van der Waals surface area contributed by atoms with E-state index in [0.29, 0.717) is 4.68 Å². The Kier molecular flexibility index (Phi) is 3.30. The number of nitriles is 1. The number of rotatable bonds is 2. The Hall–Kier alpha value is -2.52. The first-order chi connectivity index (χ1) is 10.5. The van der Waals surface area contributed by atoms with Gasteiger partial charge in [0.25, 0.3) is 5.71 Å². The maximum atomic E-state index is 11.8. The molecule has 11 nitrogen and oxygen atoms in total. The van der Waals surface area contributed by atoms with Gasteiger partial charge in [-0.25, -0.2) is 4.99 Å². The smallest absolute Gasteiger partial charge is 0.394 e. The SMILES string of the molecule is N#C[N+]1=C2C(=O)N=C(N)N=C2C([C@@H]2O[C@H](CO)[C@@H](O)[C@H]2O)=N1. The van der Waals surface area contributed by atoms with E-state index in [1.807, 2.05) is 0 Å². The van der Waals surface area contributed by atoms with Gasteiger partial charge >= 0.3 is 12.1 Å². The lowest BCUT2D eigenvalue weighted by atomic mass is 9.99. The fraction of sp³-hybridized carbons (Fsp3) is 0.455. The number of aliphatic imine (C=N–C) groups is 2. The van der Waals surface area contributed by atoms with Crippen LogP contribution >= 0.6 is 0 Å². The number of carbonyl (C=O) groups excluding carboxylic acids is 1. The summed E-state index contributed by atoms with van der Waals surface area (Å²) in [6.45, 7) is -0.518. The maximum absolute atomic E-state index is 11.8. The van der Waals surface area contributed by atoms with Gasteiger partial charge in [-0.1, -0.05) is 5.10 Å². The Balaban J connectivity index is 2.02. The summed E-state index contributed by atoms with van der Waals surface area (Å²) in [5.41, 5.74) is 5.14. The summed E-state index contributed by atoms with van der Waals surface area (Å²) in [6, 6.07) is 0. The summed E-state index contributed by atoms with van der Waals surface area (Å²) in [7, 11) is 0. The highest BCUT2D eigenvalue weighted by molar-refractivity contribution is 6.83.